The van der Waals surface area contributed by atoms with Gasteiger partial charge in [-0.15, -0.1) is 0 Å². The van der Waals surface area contributed by atoms with Gasteiger partial charge in [-0.25, -0.2) is 9.37 Å². The van der Waals surface area contributed by atoms with Crippen LogP contribution in [0.1, 0.15) is 17.2 Å². The Morgan fingerprint density at radius 1 is 1.03 bits per heavy atom. The van der Waals surface area contributed by atoms with E-state index in [-0.39, 0.29) is 29.8 Å². The molecular weight excluding hydrogens is 379 g/mol. The van der Waals surface area contributed by atoms with Crippen LogP contribution >= 0.6 is 0 Å². The van der Waals surface area contributed by atoms with Crippen molar-refractivity contribution in [2.45, 2.75) is 6.04 Å². The highest BCUT2D eigenvalue weighted by Gasteiger charge is 2.16. The average Bonchev–Trinajstić information content (AvgIpc) is 2.79. The number of aromatic nitrogens is 2. The second kappa shape index (κ2) is 8.55. The van der Waals surface area contributed by atoms with Gasteiger partial charge < -0.3 is 16.4 Å². The van der Waals surface area contributed by atoms with Crippen LogP contribution in [0.5, 0.6) is 0 Å². The maximum Gasteiger partial charge on any atom is 0.166 e. The lowest BCUT2D eigenvalue weighted by molar-refractivity contribution is 0.619. The van der Waals surface area contributed by atoms with Gasteiger partial charge in [-0.1, -0.05) is 36.4 Å². The highest BCUT2D eigenvalue weighted by atomic mass is 19.1. The van der Waals surface area contributed by atoms with Gasteiger partial charge in [0.1, 0.15) is 6.07 Å². The smallest absolute Gasteiger partial charge is 0.166 e. The lowest BCUT2D eigenvalue weighted by Crippen LogP contribution is -2.22. The lowest BCUT2D eigenvalue weighted by atomic mass is 10.1. The molecule has 4 aromatic rings. The molecule has 0 spiro atoms. The number of benzene rings is 2. The molecule has 0 aliphatic carbocycles. The first-order valence-corrected chi connectivity index (χ1v) is 9.42. The van der Waals surface area contributed by atoms with E-state index < -0.39 is 5.82 Å². The zero-order chi connectivity index (χ0) is 20.9. The molecule has 6 nitrogen and oxygen atoms in total. The van der Waals surface area contributed by atoms with Crippen LogP contribution in [-0.2, 0) is 0 Å². The van der Waals surface area contributed by atoms with E-state index in [4.69, 9.17) is 5.73 Å². The first kappa shape index (κ1) is 19.3. The van der Waals surface area contributed by atoms with Crippen molar-refractivity contribution in [2.75, 3.05) is 17.2 Å². The summed E-state index contributed by atoms with van der Waals surface area (Å²) >= 11 is 0. The first-order valence-electron chi connectivity index (χ1n) is 9.42. The Kier molecular flexibility index (Phi) is 5.50. The van der Waals surface area contributed by atoms with Gasteiger partial charge >= 0.3 is 0 Å². The molecule has 0 saturated carbocycles. The number of fused-ring (bicyclic) bond motifs is 1. The van der Waals surface area contributed by atoms with Crippen LogP contribution in [0, 0.1) is 17.1 Å². The van der Waals surface area contributed by atoms with Crippen LogP contribution in [0.15, 0.2) is 72.9 Å². The van der Waals surface area contributed by atoms with E-state index in [1.165, 1.54) is 6.07 Å². The van der Waals surface area contributed by atoms with Crippen LogP contribution in [0.25, 0.3) is 10.9 Å². The number of nitrogens with zero attached hydrogens (tertiary/aromatic N) is 3. The van der Waals surface area contributed by atoms with Gasteiger partial charge in [-0.05, 0) is 35.9 Å². The molecule has 0 aliphatic heterocycles. The van der Waals surface area contributed by atoms with E-state index in [9.17, 15) is 9.65 Å². The van der Waals surface area contributed by atoms with E-state index in [0.29, 0.717) is 0 Å². The van der Waals surface area contributed by atoms with Gasteiger partial charge in [0.2, 0.25) is 0 Å². The Morgan fingerprint density at radius 2 is 1.87 bits per heavy atom. The van der Waals surface area contributed by atoms with Gasteiger partial charge in [-0.3, -0.25) is 4.98 Å². The normalized spacial score (nSPS) is 11.6. The van der Waals surface area contributed by atoms with Gasteiger partial charge in [-0.2, -0.15) is 5.26 Å². The number of nitrogens with one attached hydrogen (secondary N) is 2. The predicted molar refractivity (Wildman–Crippen MR) is 116 cm³/mol. The van der Waals surface area contributed by atoms with Crippen molar-refractivity contribution in [3.8, 4) is 6.07 Å². The molecule has 0 bridgehead atoms. The zero-order valence-corrected chi connectivity index (χ0v) is 16.0. The van der Waals surface area contributed by atoms with Crippen LogP contribution in [0.2, 0.25) is 0 Å². The number of pyridine rings is 2. The molecule has 2 aromatic carbocycles. The molecule has 2 aromatic heterocycles. The highest BCUT2D eigenvalue weighted by molar-refractivity contribution is 5.83. The molecule has 0 saturated heterocycles. The van der Waals surface area contributed by atoms with E-state index in [1.807, 2.05) is 66.7 Å². The minimum absolute atomic E-state index is 0.0262. The number of nitrogens with two attached hydrogens (primary N) is 1. The number of hydrogen-bond acceptors (Lipinski definition) is 6. The monoisotopic (exact) mass is 398 g/mol. The van der Waals surface area contributed by atoms with Crippen LogP contribution in [0.4, 0.5) is 21.7 Å². The minimum Gasteiger partial charge on any atom is -0.359 e. The van der Waals surface area contributed by atoms with Gasteiger partial charge in [0, 0.05) is 23.8 Å². The number of anilines is 3. The van der Waals surface area contributed by atoms with Gasteiger partial charge in [0.05, 0.1) is 17.1 Å². The standard InChI is InChI=1S/C23H19FN6/c24-19-12-17(13-25)22(28-18-8-9-20-16(11-18)7-4-10-27-20)30-23(19)29-21(14-26)15-5-2-1-3-6-15/h1-12,21H,14,26H2,(H2,28,29,30)/t21-/m0/s1. The fourth-order valence-electron chi connectivity index (χ4n) is 3.19. The molecule has 148 valence electrons. The fraction of sp³-hybridized carbons (Fsp3) is 0.0870. The molecule has 1 atom stereocenters. The Labute approximate surface area is 173 Å². The average molecular weight is 398 g/mol. The fourth-order valence-corrected chi connectivity index (χ4v) is 3.19. The summed E-state index contributed by atoms with van der Waals surface area (Å²) in [5.74, 6) is -0.332. The maximum atomic E-state index is 14.6. The third kappa shape index (κ3) is 4.04. The second-order valence-corrected chi connectivity index (χ2v) is 6.71. The Morgan fingerprint density at radius 3 is 2.63 bits per heavy atom. The maximum absolute atomic E-state index is 14.6. The molecule has 2 heterocycles. The summed E-state index contributed by atoms with van der Waals surface area (Å²) in [6.07, 6.45) is 1.73. The van der Waals surface area contributed by atoms with Crippen molar-refractivity contribution in [3.05, 3.63) is 89.9 Å². The third-order valence-electron chi connectivity index (χ3n) is 4.71. The molecule has 0 fully saturated rings. The molecule has 0 unspecified atom stereocenters. The van der Waals surface area contributed by atoms with Crippen LogP contribution in [0.3, 0.4) is 0 Å². The van der Waals surface area contributed by atoms with E-state index in [0.717, 1.165) is 22.2 Å². The van der Waals surface area contributed by atoms with Gasteiger partial charge in [0.25, 0.3) is 0 Å². The highest BCUT2D eigenvalue weighted by Crippen LogP contribution is 2.27. The summed E-state index contributed by atoms with van der Waals surface area (Å²) in [6, 6.07) is 21.7. The number of nitriles is 1. The van der Waals surface area contributed by atoms with Crippen LogP contribution < -0.4 is 16.4 Å². The summed E-state index contributed by atoms with van der Waals surface area (Å²) in [5.41, 5.74) is 8.48. The summed E-state index contributed by atoms with van der Waals surface area (Å²) in [5, 5.41) is 16.5. The van der Waals surface area contributed by atoms with E-state index in [2.05, 4.69) is 20.6 Å². The Balaban J connectivity index is 1.66. The zero-order valence-electron chi connectivity index (χ0n) is 16.0. The molecule has 0 amide bonds. The lowest BCUT2D eigenvalue weighted by Gasteiger charge is -2.19. The predicted octanol–water partition coefficient (Wildman–Crippen LogP) is 4.50. The Hall–Kier alpha value is -4.02. The van der Waals surface area contributed by atoms with Gasteiger partial charge in [0.15, 0.2) is 17.5 Å². The summed E-state index contributed by atoms with van der Waals surface area (Å²) in [6.45, 7) is 0.256. The Bertz CT molecular complexity index is 1220. The quantitative estimate of drug-likeness (QED) is 0.442. The molecule has 0 radical (unpaired) electrons. The molecule has 0 aliphatic rings. The summed E-state index contributed by atoms with van der Waals surface area (Å²) in [7, 11) is 0. The van der Waals surface area contributed by atoms with Crippen molar-refractivity contribution in [1.82, 2.24) is 9.97 Å². The number of rotatable bonds is 6. The molecule has 7 heteroatoms. The first-order chi connectivity index (χ1) is 14.7. The summed E-state index contributed by atoms with van der Waals surface area (Å²) < 4.78 is 14.6. The van der Waals surface area contributed by atoms with Crippen LogP contribution in [-0.4, -0.2) is 16.5 Å². The van der Waals surface area contributed by atoms with Crippen molar-refractivity contribution >= 4 is 28.2 Å². The summed E-state index contributed by atoms with van der Waals surface area (Å²) in [4.78, 5) is 8.63. The number of halogens is 1. The topological polar surface area (TPSA) is 99.7 Å². The van der Waals surface area contributed by atoms with Crippen molar-refractivity contribution in [1.29, 1.82) is 5.26 Å². The molecular formula is C23H19FN6. The van der Waals surface area contributed by atoms with Crippen molar-refractivity contribution < 1.29 is 4.39 Å². The van der Waals surface area contributed by atoms with Crippen molar-refractivity contribution in [2.24, 2.45) is 5.73 Å². The number of hydrogen-bond donors (Lipinski definition) is 3. The third-order valence-corrected chi connectivity index (χ3v) is 4.71. The van der Waals surface area contributed by atoms with Crippen molar-refractivity contribution in [3.63, 3.8) is 0 Å². The largest absolute Gasteiger partial charge is 0.359 e. The molecule has 4 rings (SSSR count). The minimum atomic E-state index is -0.616. The van der Waals surface area contributed by atoms with E-state index in [1.54, 1.807) is 6.20 Å². The SMILES string of the molecule is N#Cc1cc(F)c(N[C@@H](CN)c2ccccc2)nc1Nc1ccc2ncccc2c1. The molecule has 30 heavy (non-hydrogen) atoms. The molecule has 4 N–H and O–H groups in total. The van der Waals surface area contributed by atoms with E-state index >= 15 is 0 Å². The second-order valence-electron chi connectivity index (χ2n) is 6.71.